The highest BCUT2D eigenvalue weighted by Crippen LogP contribution is 2.02. The van der Waals surface area contributed by atoms with E-state index in [-0.39, 0.29) is 5.91 Å². The number of carbonyl (C=O) groups excluding carboxylic acids is 1. The van der Waals surface area contributed by atoms with E-state index in [2.05, 4.69) is 17.9 Å². The molecule has 1 amide bonds. The molecule has 0 aliphatic carbocycles. The number of hydrogen-bond donors (Lipinski definition) is 2. The maximum absolute atomic E-state index is 11.5. The van der Waals surface area contributed by atoms with Crippen molar-refractivity contribution in [2.45, 2.75) is 13.3 Å². The summed E-state index contributed by atoms with van der Waals surface area (Å²) in [6, 6.07) is 7.55. The molecule has 1 aromatic rings. The van der Waals surface area contributed by atoms with Gasteiger partial charge in [-0.3, -0.25) is 4.79 Å². The largest absolute Gasteiger partial charge is 0.352 e. The fraction of sp³-hybridized carbons (Fsp3) is 0.364. The zero-order valence-electron chi connectivity index (χ0n) is 8.29. The second-order valence-electron chi connectivity index (χ2n) is 3.20. The minimum atomic E-state index is -0.00761. The summed E-state index contributed by atoms with van der Waals surface area (Å²) in [5.74, 6) is 0.792. The molecule has 0 aromatic heterocycles. The molecule has 1 aromatic carbocycles. The molecule has 0 saturated carbocycles. The van der Waals surface area contributed by atoms with Gasteiger partial charge in [0.25, 0.3) is 5.91 Å². The van der Waals surface area contributed by atoms with Crippen LogP contribution < -0.4 is 5.32 Å². The summed E-state index contributed by atoms with van der Waals surface area (Å²) in [7, 11) is 0. The first-order chi connectivity index (χ1) is 6.74. The van der Waals surface area contributed by atoms with E-state index in [1.54, 1.807) is 0 Å². The summed E-state index contributed by atoms with van der Waals surface area (Å²) >= 11 is 4.07. The average Bonchev–Trinajstić information content (AvgIpc) is 2.19. The number of aryl methyl sites for hydroxylation is 1. The van der Waals surface area contributed by atoms with Crippen molar-refractivity contribution in [3.05, 3.63) is 35.4 Å². The van der Waals surface area contributed by atoms with Crippen LogP contribution in [0.2, 0.25) is 0 Å². The molecule has 0 saturated heterocycles. The van der Waals surface area contributed by atoms with Crippen LogP contribution in [0.4, 0.5) is 0 Å². The van der Waals surface area contributed by atoms with E-state index in [1.807, 2.05) is 31.2 Å². The number of rotatable bonds is 4. The summed E-state index contributed by atoms with van der Waals surface area (Å²) in [5, 5.41) is 2.83. The van der Waals surface area contributed by atoms with Crippen molar-refractivity contribution in [2.75, 3.05) is 12.3 Å². The van der Waals surface area contributed by atoms with Gasteiger partial charge < -0.3 is 5.32 Å². The first kappa shape index (κ1) is 11.1. The van der Waals surface area contributed by atoms with E-state index < -0.39 is 0 Å². The maximum atomic E-state index is 11.5. The molecular weight excluding hydrogens is 194 g/mol. The SMILES string of the molecule is Cc1ccc(C(=O)NCCCS)cc1. The molecule has 1 N–H and O–H groups in total. The van der Waals surface area contributed by atoms with Crippen LogP contribution >= 0.6 is 12.6 Å². The monoisotopic (exact) mass is 209 g/mol. The second-order valence-corrected chi connectivity index (χ2v) is 3.65. The van der Waals surface area contributed by atoms with Gasteiger partial charge in [-0.25, -0.2) is 0 Å². The molecule has 0 aliphatic rings. The Bertz CT molecular complexity index is 295. The molecular formula is C11H15NOS. The van der Waals surface area contributed by atoms with Crippen LogP contribution in [-0.4, -0.2) is 18.2 Å². The summed E-state index contributed by atoms with van der Waals surface area (Å²) in [6.07, 6.45) is 0.903. The summed E-state index contributed by atoms with van der Waals surface area (Å²) in [6.45, 7) is 2.69. The van der Waals surface area contributed by atoms with Gasteiger partial charge in [0, 0.05) is 12.1 Å². The molecule has 0 bridgehead atoms. The molecule has 0 radical (unpaired) electrons. The topological polar surface area (TPSA) is 29.1 Å². The molecule has 14 heavy (non-hydrogen) atoms. The van der Waals surface area contributed by atoms with E-state index in [4.69, 9.17) is 0 Å². The number of hydrogen-bond acceptors (Lipinski definition) is 2. The Hall–Kier alpha value is -0.960. The molecule has 2 nitrogen and oxygen atoms in total. The first-order valence-corrected chi connectivity index (χ1v) is 5.33. The molecule has 0 aliphatic heterocycles. The van der Waals surface area contributed by atoms with Crippen LogP contribution in [0.3, 0.4) is 0 Å². The van der Waals surface area contributed by atoms with Gasteiger partial charge in [-0.05, 0) is 31.2 Å². The number of amides is 1. The zero-order valence-corrected chi connectivity index (χ0v) is 9.18. The predicted molar refractivity (Wildman–Crippen MR) is 62.0 cm³/mol. The number of carbonyl (C=O) groups is 1. The predicted octanol–water partition coefficient (Wildman–Crippen LogP) is 2.04. The Labute approximate surface area is 90.1 Å². The van der Waals surface area contributed by atoms with Crippen LogP contribution in [0.1, 0.15) is 22.3 Å². The van der Waals surface area contributed by atoms with Gasteiger partial charge in [-0.15, -0.1) is 0 Å². The fourth-order valence-electron chi connectivity index (χ4n) is 1.09. The second kappa shape index (κ2) is 5.70. The third kappa shape index (κ3) is 3.42. The van der Waals surface area contributed by atoms with Gasteiger partial charge in [0.1, 0.15) is 0 Å². The number of benzene rings is 1. The normalized spacial score (nSPS) is 9.86. The Kier molecular flexibility index (Phi) is 4.53. The smallest absolute Gasteiger partial charge is 0.251 e. The highest BCUT2D eigenvalue weighted by Gasteiger charge is 2.02. The minimum Gasteiger partial charge on any atom is -0.352 e. The third-order valence-corrected chi connectivity index (χ3v) is 2.25. The lowest BCUT2D eigenvalue weighted by molar-refractivity contribution is 0.0954. The summed E-state index contributed by atoms with van der Waals surface area (Å²) in [5.41, 5.74) is 1.88. The van der Waals surface area contributed by atoms with Gasteiger partial charge in [0.05, 0.1) is 0 Å². The van der Waals surface area contributed by atoms with Crippen molar-refractivity contribution in [1.29, 1.82) is 0 Å². The van der Waals surface area contributed by atoms with Crippen molar-refractivity contribution >= 4 is 18.5 Å². The van der Waals surface area contributed by atoms with Crippen LogP contribution in [0.5, 0.6) is 0 Å². The Balaban J connectivity index is 2.48. The molecule has 0 atom stereocenters. The van der Waals surface area contributed by atoms with Crippen LogP contribution in [0, 0.1) is 6.92 Å². The number of nitrogens with one attached hydrogen (secondary N) is 1. The molecule has 0 unspecified atom stereocenters. The molecule has 0 spiro atoms. The Morgan fingerprint density at radius 2 is 2.00 bits per heavy atom. The van der Waals surface area contributed by atoms with E-state index >= 15 is 0 Å². The lowest BCUT2D eigenvalue weighted by atomic mass is 10.1. The molecule has 0 heterocycles. The zero-order chi connectivity index (χ0) is 10.4. The van der Waals surface area contributed by atoms with E-state index in [0.717, 1.165) is 23.3 Å². The van der Waals surface area contributed by atoms with Gasteiger partial charge in [0.2, 0.25) is 0 Å². The van der Waals surface area contributed by atoms with Crippen molar-refractivity contribution in [3.8, 4) is 0 Å². The summed E-state index contributed by atoms with van der Waals surface area (Å²) in [4.78, 5) is 11.5. The fourth-order valence-corrected chi connectivity index (χ4v) is 1.25. The molecule has 0 fully saturated rings. The average molecular weight is 209 g/mol. The van der Waals surface area contributed by atoms with E-state index in [0.29, 0.717) is 6.54 Å². The lowest BCUT2D eigenvalue weighted by Crippen LogP contribution is -2.24. The van der Waals surface area contributed by atoms with Gasteiger partial charge in [-0.1, -0.05) is 17.7 Å². The molecule has 1 rings (SSSR count). The molecule has 76 valence electrons. The Morgan fingerprint density at radius 1 is 1.36 bits per heavy atom. The van der Waals surface area contributed by atoms with Crippen LogP contribution in [-0.2, 0) is 0 Å². The first-order valence-electron chi connectivity index (χ1n) is 4.70. The highest BCUT2D eigenvalue weighted by molar-refractivity contribution is 7.80. The lowest BCUT2D eigenvalue weighted by Gasteiger charge is -2.03. The number of thiol groups is 1. The maximum Gasteiger partial charge on any atom is 0.251 e. The van der Waals surface area contributed by atoms with Crippen LogP contribution in [0.15, 0.2) is 24.3 Å². The van der Waals surface area contributed by atoms with Crippen molar-refractivity contribution in [2.24, 2.45) is 0 Å². The van der Waals surface area contributed by atoms with Gasteiger partial charge in [0.15, 0.2) is 0 Å². The van der Waals surface area contributed by atoms with E-state index in [1.165, 1.54) is 0 Å². The summed E-state index contributed by atoms with van der Waals surface area (Å²) < 4.78 is 0. The Morgan fingerprint density at radius 3 is 2.57 bits per heavy atom. The highest BCUT2D eigenvalue weighted by atomic mass is 32.1. The van der Waals surface area contributed by atoms with Crippen molar-refractivity contribution in [3.63, 3.8) is 0 Å². The third-order valence-electron chi connectivity index (χ3n) is 1.93. The minimum absolute atomic E-state index is 0.00761. The van der Waals surface area contributed by atoms with Crippen molar-refractivity contribution in [1.82, 2.24) is 5.32 Å². The van der Waals surface area contributed by atoms with Crippen molar-refractivity contribution < 1.29 is 4.79 Å². The van der Waals surface area contributed by atoms with E-state index in [9.17, 15) is 4.79 Å². The standard InChI is InChI=1S/C11H15NOS/c1-9-3-5-10(6-4-9)11(13)12-7-2-8-14/h3-6,14H,2,7-8H2,1H3,(H,12,13). The van der Waals surface area contributed by atoms with Gasteiger partial charge >= 0.3 is 0 Å². The van der Waals surface area contributed by atoms with Crippen LogP contribution in [0.25, 0.3) is 0 Å². The van der Waals surface area contributed by atoms with Gasteiger partial charge in [-0.2, -0.15) is 12.6 Å². The quantitative estimate of drug-likeness (QED) is 0.576. The molecule has 3 heteroatoms.